The maximum absolute atomic E-state index is 10.5. The van der Waals surface area contributed by atoms with Crippen LogP contribution < -0.4 is 5.32 Å². The number of aliphatic hydroxyl groups excluding tert-OH is 1. The molecule has 1 atom stereocenters. The fourth-order valence-corrected chi connectivity index (χ4v) is 3.37. The molecule has 2 N–H and O–H groups in total. The van der Waals surface area contributed by atoms with E-state index < -0.39 is 6.23 Å². The summed E-state index contributed by atoms with van der Waals surface area (Å²) in [6.45, 7) is 2.93. The highest BCUT2D eigenvalue weighted by atomic mass is 33.1. The van der Waals surface area contributed by atoms with Gasteiger partial charge >= 0.3 is 0 Å². The van der Waals surface area contributed by atoms with Crippen molar-refractivity contribution in [3.63, 3.8) is 0 Å². The number of hydrogen-bond donors (Lipinski definition) is 2. The molecule has 1 rings (SSSR count). The van der Waals surface area contributed by atoms with E-state index in [1.165, 1.54) is 12.2 Å². The molecule has 0 saturated carbocycles. The van der Waals surface area contributed by atoms with Crippen LogP contribution in [0, 0.1) is 0 Å². The normalized spacial score (nSPS) is 12.3. The van der Waals surface area contributed by atoms with Crippen molar-refractivity contribution in [2.24, 2.45) is 0 Å². The molecule has 0 spiro atoms. The molecule has 0 aromatic heterocycles. The maximum atomic E-state index is 10.5. The molecule has 1 aromatic rings. The minimum Gasteiger partial charge on any atom is -0.374 e. The standard InChI is InChI=1S/C13H19NO2S2/c1-2-8-17-18-9-7-14-13(16)12-5-3-11(10-15)4-6-12/h3-6,10,13-14,16H,2,7-9H2,1H3. The van der Waals surface area contributed by atoms with Gasteiger partial charge in [-0.05, 0) is 12.0 Å². The molecule has 3 nitrogen and oxygen atoms in total. The lowest BCUT2D eigenvalue weighted by Crippen LogP contribution is -2.23. The summed E-state index contributed by atoms with van der Waals surface area (Å²) >= 11 is 0. The predicted molar refractivity (Wildman–Crippen MR) is 80.0 cm³/mol. The summed E-state index contributed by atoms with van der Waals surface area (Å²) in [5.74, 6) is 2.13. The topological polar surface area (TPSA) is 49.3 Å². The average Bonchev–Trinajstić information content (AvgIpc) is 2.42. The number of nitrogens with one attached hydrogen (secondary N) is 1. The van der Waals surface area contributed by atoms with Crippen LogP contribution in [0.3, 0.4) is 0 Å². The Morgan fingerprint density at radius 3 is 2.56 bits per heavy atom. The molecule has 5 heteroatoms. The Kier molecular flexibility index (Phi) is 8.17. The summed E-state index contributed by atoms with van der Waals surface area (Å²) in [4.78, 5) is 10.5. The van der Waals surface area contributed by atoms with Gasteiger partial charge in [0.2, 0.25) is 0 Å². The van der Waals surface area contributed by atoms with Gasteiger partial charge in [0.25, 0.3) is 0 Å². The van der Waals surface area contributed by atoms with E-state index in [4.69, 9.17) is 0 Å². The van der Waals surface area contributed by atoms with Gasteiger partial charge < -0.3 is 5.11 Å². The molecule has 0 radical (unpaired) electrons. The van der Waals surface area contributed by atoms with Gasteiger partial charge in [-0.15, -0.1) is 0 Å². The number of benzene rings is 1. The molecule has 100 valence electrons. The molecule has 0 aliphatic heterocycles. The third-order valence-electron chi connectivity index (χ3n) is 2.28. The molecule has 0 bridgehead atoms. The number of rotatable bonds is 9. The molecule has 1 aromatic carbocycles. The van der Waals surface area contributed by atoms with E-state index in [0.717, 1.165) is 24.1 Å². The number of hydrogen-bond acceptors (Lipinski definition) is 5. The zero-order valence-electron chi connectivity index (χ0n) is 10.5. The summed E-state index contributed by atoms with van der Waals surface area (Å²) in [5.41, 5.74) is 1.41. The average molecular weight is 285 g/mol. The number of aliphatic hydroxyl groups is 1. The van der Waals surface area contributed by atoms with Crippen LogP contribution >= 0.6 is 21.6 Å². The molecule has 0 saturated heterocycles. The van der Waals surface area contributed by atoms with Crippen LogP contribution in [0.15, 0.2) is 24.3 Å². The number of carbonyl (C=O) groups is 1. The molecule has 0 heterocycles. The van der Waals surface area contributed by atoms with E-state index in [1.54, 1.807) is 24.3 Å². The fourth-order valence-electron chi connectivity index (χ4n) is 1.31. The minimum absolute atomic E-state index is 0.623. The van der Waals surface area contributed by atoms with Crippen LogP contribution in [0.1, 0.15) is 35.5 Å². The second-order valence-electron chi connectivity index (χ2n) is 3.79. The molecule has 0 fully saturated rings. The molecule has 0 aliphatic rings. The van der Waals surface area contributed by atoms with E-state index in [2.05, 4.69) is 12.2 Å². The van der Waals surface area contributed by atoms with Gasteiger partial charge in [-0.25, -0.2) is 0 Å². The highest BCUT2D eigenvalue weighted by molar-refractivity contribution is 8.76. The Morgan fingerprint density at radius 1 is 1.28 bits per heavy atom. The summed E-state index contributed by atoms with van der Waals surface area (Å²) < 4.78 is 0. The Hall–Kier alpha value is -0.490. The second kappa shape index (κ2) is 9.44. The summed E-state index contributed by atoms with van der Waals surface area (Å²) in [6, 6.07) is 6.94. The Labute approximate surface area is 116 Å². The van der Waals surface area contributed by atoms with Gasteiger partial charge in [-0.1, -0.05) is 52.8 Å². The Morgan fingerprint density at radius 2 is 1.94 bits per heavy atom. The number of carbonyl (C=O) groups excluding carboxylic acids is 1. The van der Waals surface area contributed by atoms with Crippen molar-refractivity contribution in [3.05, 3.63) is 35.4 Å². The SMILES string of the molecule is CCCSSCCNC(O)c1ccc(C=O)cc1. The van der Waals surface area contributed by atoms with Crippen molar-refractivity contribution in [3.8, 4) is 0 Å². The van der Waals surface area contributed by atoms with Gasteiger partial charge in [0.1, 0.15) is 12.5 Å². The van der Waals surface area contributed by atoms with Crippen molar-refractivity contribution in [2.75, 3.05) is 18.1 Å². The lowest BCUT2D eigenvalue weighted by Gasteiger charge is -2.12. The van der Waals surface area contributed by atoms with Crippen LogP contribution in [-0.2, 0) is 0 Å². The molecule has 1 unspecified atom stereocenters. The van der Waals surface area contributed by atoms with Gasteiger partial charge in [0.05, 0.1) is 0 Å². The molecule has 18 heavy (non-hydrogen) atoms. The van der Waals surface area contributed by atoms with Crippen LogP contribution in [0.4, 0.5) is 0 Å². The molecule has 0 amide bonds. The van der Waals surface area contributed by atoms with Gasteiger partial charge in [0, 0.05) is 23.6 Å². The molecular formula is C13H19NO2S2. The highest BCUT2D eigenvalue weighted by Gasteiger charge is 2.05. The van der Waals surface area contributed by atoms with E-state index >= 15 is 0 Å². The minimum atomic E-state index is -0.664. The van der Waals surface area contributed by atoms with E-state index in [0.29, 0.717) is 5.56 Å². The largest absolute Gasteiger partial charge is 0.374 e. The van der Waals surface area contributed by atoms with E-state index in [-0.39, 0.29) is 0 Å². The van der Waals surface area contributed by atoms with Gasteiger partial charge in [-0.2, -0.15) is 0 Å². The first-order valence-corrected chi connectivity index (χ1v) is 8.47. The monoisotopic (exact) mass is 285 g/mol. The van der Waals surface area contributed by atoms with Crippen LogP contribution in [-0.4, -0.2) is 29.4 Å². The smallest absolute Gasteiger partial charge is 0.150 e. The van der Waals surface area contributed by atoms with E-state index in [9.17, 15) is 9.90 Å². The van der Waals surface area contributed by atoms with Gasteiger partial charge in [-0.3, -0.25) is 10.1 Å². The zero-order chi connectivity index (χ0) is 13.2. The van der Waals surface area contributed by atoms with Crippen molar-refractivity contribution >= 4 is 27.9 Å². The van der Waals surface area contributed by atoms with Crippen molar-refractivity contribution < 1.29 is 9.90 Å². The third kappa shape index (κ3) is 5.91. The lowest BCUT2D eigenvalue weighted by atomic mass is 10.1. The highest BCUT2D eigenvalue weighted by Crippen LogP contribution is 2.21. The fraction of sp³-hybridized carbons (Fsp3) is 0.462. The van der Waals surface area contributed by atoms with Crippen LogP contribution in [0.25, 0.3) is 0 Å². The Balaban J connectivity index is 2.23. The second-order valence-corrected chi connectivity index (χ2v) is 6.49. The van der Waals surface area contributed by atoms with Crippen molar-refractivity contribution in [1.29, 1.82) is 0 Å². The quantitative estimate of drug-likeness (QED) is 0.316. The first-order valence-electron chi connectivity index (χ1n) is 5.99. The van der Waals surface area contributed by atoms with Crippen molar-refractivity contribution in [2.45, 2.75) is 19.6 Å². The molecular weight excluding hydrogens is 266 g/mol. The zero-order valence-corrected chi connectivity index (χ0v) is 12.1. The summed E-state index contributed by atoms with van der Waals surface area (Å²) in [5, 5.41) is 12.9. The van der Waals surface area contributed by atoms with E-state index in [1.807, 2.05) is 21.6 Å². The van der Waals surface area contributed by atoms with Gasteiger partial charge in [0.15, 0.2) is 0 Å². The Bertz CT molecular complexity index is 343. The lowest BCUT2D eigenvalue weighted by molar-refractivity contribution is 0.112. The number of aldehydes is 1. The van der Waals surface area contributed by atoms with Crippen LogP contribution in [0.2, 0.25) is 0 Å². The maximum Gasteiger partial charge on any atom is 0.150 e. The summed E-state index contributed by atoms with van der Waals surface area (Å²) in [6.07, 6.45) is 1.32. The molecule has 0 aliphatic carbocycles. The third-order valence-corrected chi connectivity index (χ3v) is 4.89. The van der Waals surface area contributed by atoms with Crippen LogP contribution in [0.5, 0.6) is 0 Å². The first kappa shape index (κ1) is 15.6. The predicted octanol–water partition coefficient (Wildman–Crippen LogP) is 2.87. The first-order chi connectivity index (χ1) is 8.77. The van der Waals surface area contributed by atoms with Crippen molar-refractivity contribution in [1.82, 2.24) is 5.32 Å². The summed E-state index contributed by atoms with van der Waals surface area (Å²) in [7, 11) is 3.68.